The first-order valence-corrected chi connectivity index (χ1v) is 0. The summed E-state index contributed by atoms with van der Waals surface area (Å²) in [4.78, 5) is 0. The molecule has 0 rings (SSSR count). The van der Waals surface area contributed by atoms with Gasteiger partial charge < -0.3 is 37.2 Å². The fourth-order valence-corrected chi connectivity index (χ4v) is 0. The van der Waals surface area contributed by atoms with Crippen molar-refractivity contribution >= 4 is 0 Å². The van der Waals surface area contributed by atoms with Crippen LogP contribution in [0.15, 0.2) is 0 Å². The zero-order valence-electron chi connectivity index (χ0n) is 2.44. The fraction of sp³-hybridized carbons (Fsp3) is 0. The molecule has 0 fully saturated rings. The third kappa shape index (κ3) is 20.6. The minimum Gasteiger partial charge on any atom is -1.00 e. The molecule has 0 amide bonds. The molecule has 0 spiro atoms. The van der Waals surface area contributed by atoms with Crippen LogP contribution >= 0.6 is 0 Å². The summed E-state index contributed by atoms with van der Waals surface area (Å²) in [5.74, 6) is 0. The van der Waals surface area contributed by atoms with Crippen LogP contribution in [0, 0.1) is 0 Å². The molecule has 0 nitrogen and oxygen atoms in total. The smallest absolute Gasteiger partial charge is 1.00 e. The van der Waals surface area contributed by atoms with Gasteiger partial charge in [0.15, 0.2) is 0 Å². The molecule has 1 radical (unpaired) electrons. The molecule has 0 aliphatic carbocycles. The molecule has 0 heterocycles. The molecule has 0 N–H and O–H groups in total. The third-order valence-electron chi connectivity index (χ3n) is 0. The minimum atomic E-state index is 0. The van der Waals surface area contributed by atoms with Crippen LogP contribution in [0.2, 0.25) is 0 Å². The predicted molar refractivity (Wildman–Crippen MR) is 0 cm³/mol. The van der Waals surface area contributed by atoms with Crippen LogP contribution in [0.1, 0.15) is 0 Å². The molecular weight excluding hydrogens is 326 g/mol. The maximum absolute atomic E-state index is 0. The van der Waals surface area contributed by atoms with Gasteiger partial charge in [0.05, 0.1) is 0 Å². The quantitative estimate of drug-likeness (QED) is 0.388. The largest absolute Gasteiger partial charge is 1.00 e. The Hall–Kier alpha value is 2.61. The number of rotatable bonds is 0. The van der Waals surface area contributed by atoms with Crippen LogP contribution < -0.4 is 66.8 Å². The van der Waals surface area contributed by atoms with E-state index in [2.05, 4.69) is 0 Å². The van der Waals surface area contributed by atoms with Crippen LogP contribution in [0.3, 0.4) is 0 Å². The van der Waals surface area contributed by atoms with Crippen molar-refractivity contribution in [2.45, 2.75) is 0 Å². The SMILES string of the molecule is [Au].[Cl-].[Cl-].[Cl-].[Na+]. The second-order valence-corrected chi connectivity index (χ2v) is 0. The van der Waals surface area contributed by atoms with Gasteiger partial charge in [-0.3, -0.25) is 0 Å². The Kier molecular flexibility index (Phi) is 298. The van der Waals surface area contributed by atoms with Crippen molar-refractivity contribution in [1.29, 1.82) is 0 Å². The van der Waals surface area contributed by atoms with Crippen LogP contribution in [-0.4, -0.2) is 0 Å². The van der Waals surface area contributed by atoms with Gasteiger partial charge in [0.2, 0.25) is 0 Å². The predicted octanol–water partition coefficient (Wildman–Crippen LogP) is -12.0. The molecule has 0 unspecified atom stereocenters. The first-order chi connectivity index (χ1) is 0. The van der Waals surface area contributed by atoms with Gasteiger partial charge in [0.25, 0.3) is 0 Å². The molecule has 0 aromatic rings. The Morgan fingerprint density at radius 3 is 0.600 bits per heavy atom. The van der Waals surface area contributed by atoms with Crippen molar-refractivity contribution in [3.8, 4) is 0 Å². The number of halogens is 3. The number of hydrogen-bond donors (Lipinski definition) is 0. The molecule has 0 aromatic heterocycles. The van der Waals surface area contributed by atoms with Gasteiger partial charge in [-0.15, -0.1) is 0 Å². The molecular formula is AuCl3Na-2. The van der Waals surface area contributed by atoms with E-state index >= 15 is 0 Å². The molecule has 5 heteroatoms. The van der Waals surface area contributed by atoms with Crippen LogP contribution in [-0.2, 0) is 22.4 Å². The van der Waals surface area contributed by atoms with E-state index in [1.165, 1.54) is 0 Å². The molecule has 0 aliphatic rings. The van der Waals surface area contributed by atoms with Gasteiger partial charge in [-0.2, -0.15) is 0 Å². The van der Waals surface area contributed by atoms with Crippen LogP contribution in [0.4, 0.5) is 0 Å². The minimum absolute atomic E-state index is 0. The summed E-state index contributed by atoms with van der Waals surface area (Å²) in [6.45, 7) is 0. The van der Waals surface area contributed by atoms with E-state index in [1.807, 2.05) is 0 Å². The van der Waals surface area contributed by atoms with Crippen molar-refractivity contribution in [2.24, 2.45) is 0 Å². The Balaban J connectivity index is 0. The van der Waals surface area contributed by atoms with Crippen molar-refractivity contribution in [3.05, 3.63) is 0 Å². The van der Waals surface area contributed by atoms with E-state index in [1.54, 1.807) is 0 Å². The first-order valence-electron chi connectivity index (χ1n) is 0. The Bertz CT molecular complexity index is 6.85. The van der Waals surface area contributed by atoms with E-state index < -0.39 is 0 Å². The second-order valence-electron chi connectivity index (χ2n) is 0. The first kappa shape index (κ1) is 48.8. The summed E-state index contributed by atoms with van der Waals surface area (Å²) >= 11 is 0. The van der Waals surface area contributed by atoms with Gasteiger partial charge in [0, 0.05) is 22.4 Å². The average molecular weight is 326 g/mol. The van der Waals surface area contributed by atoms with Crippen LogP contribution in [0.25, 0.3) is 0 Å². The van der Waals surface area contributed by atoms with Gasteiger partial charge in [-0.05, 0) is 0 Å². The summed E-state index contributed by atoms with van der Waals surface area (Å²) in [6.07, 6.45) is 0. The fourth-order valence-electron chi connectivity index (χ4n) is 0. The molecule has 5 heavy (non-hydrogen) atoms. The normalized spacial score (nSPS) is 0. The monoisotopic (exact) mass is 325 g/mol. The van der Waals surface area contributed by atoms with Gasteiger partial charge >= 0.3 is 29.6 Å². The summed E-state index contributed by atoms with van der Waals surface area (Å²) in [7, 11) is 0. The molecule has 0 saturated carbocycles. The van der Waals surface area contributed by atoms with Crippen molar-refractivity contribution in [2.75, 3.05) is 0 Å². The second kappa shape index (κ2) is 30.5. The van der Waals surface area contributed by atoms with E-state index in [4.69, 9.17) is 0 Å². The maximum Gasteiger partial charge on any atom is 1.00 e. The zero-order chi connectivity index (χ0) is 0. The third-order valence-corrected chi connectivity index (χ3v) is 0. The van der Waals surface area contributed by atoms with E-state index in [9.17, 15) is 0 Å². The van der Waals surface area contributed by atoms with Crippen molar-refractivity contribution in [3.63, 3.8) is 0 Å². The van der Waals surface area contributed by atoms with E-state index in [0.29, 0.717) is 0 Å². The molecule has 35 valence electrons. The van der Waals surface area contributed by atoms with Gasteiger partial charge in [0.1, 0.15) is 0 Å². The maximum atomic E-state index is 0. The molecule has 0 saturated heterocycles. The van der Waals surface area contributed by atoms with Crippen LogP contribution in [0.5, 0.6) is 0 Å². The molecule has 0 aliphatic heterocycles. The van der Waals surface area contributed by atoms with E-state index in [-0.39, 0.29) is 89.2 Å². The number of hydrogen-bond acceptors (Lipinski definition) is 0. The summed E-state index contributed by atoms with van der Waals surface area (Å²) in [5.41, 5.74) is 0. The van der Waals surface area contributed by atoms with Gasteiger partial charge in [-0.25, -0.2) is 0 Å². The Labute approximate surface area is 87.9 Å². The summed E-state index contributed by atoms with van der Waals surface area (Å²) in [5, 5.41) is 0. The summed E-state index contributed by atoms with van der Waals surface area (Å²) in [6, 6.07) is 0. The van der Waals surface area contributed by atoms with Crippen molar-refractivity contribution in [1.82, 2.24) is 0 Å². The Morgan fingerprint density at radius 1 is 0.600 bits per heavy atom. The standard InChI is InChI=1S/Au.3ClH.Na/h;3*1H;/q;;;;+1/p-3. The Morgan fingerprint density at radius 2 is 0.600 bits per heavy atom. The molecule has 0 atom stereocenters. The average Bonchev–Trinajstić information content (AvgIpc) is 0. The van der Waals surface area contributed by atoms with Gasteiger partial charge in [-0.1, -0.05) is 0 Å². The van der Waals surface area contributed by atoms with E-state index in [0.717, 1.165) is 0 Å². The molecule has 0 bridgehead atoms. The van der Waals surface area contributed by atoms with Crippen molar-refractivity contribution < 1.29 is 89.2 Å². The topological polar surface area (TPSA) is 0 Å². The molecule has 0 aromatic carbocycles. The zero-order valence-corrected chi connectivity index (χ0v) is 8.87. The summed E-state index contributed by atoms with van der Waals surface area (Å²) < 4.78 is 0.